The van der Waals surface area contributed by atoms with Crippen LogP contribution in [-0.4, -0.2) is 16.4 Å². The van der Waals surface area contributed by atoms with Gasteiger partial charge in [-0.15, -0.1) is 5.92 Å². The van der Waals surface area contributed by atoms with Crippen LogP contribution in [0.3, 0.4) is 0 Å². The third-order valence-electron chi connectivity index (χ3n) is 2.36. The highest BCUT2D eigenvalue weighted by Crippen LogP contribution is 2.35. The summed E-state index contributed by atoms with van der Waals surface area (Å²) in [5.41, 5.74) is 0. The Labute approximate surface area is 104 Å². The van der Waals surface area contributed by atoms with Crippen molar-refractivity contribution in [2.75, 3.05) is 6.61 Å². The summed E-state index contributed by atoms with van der Waals surface area (Å²) in [6, 6.07) is 0. The minimum atomic E-state index is -4.36. The molecule has 0 spiro atoms. The summed E-state index contributed by atoms with van der Waals surface area (Å²) in [5.74, 6) is 6.75. The van der Waals surface area contributed by atoms with Crippen molar-refractivity contribution in [3.63, 3.8) is 0 Å². The molecule has 0 heterocycles. The molecule has 0 fully saturated rings. The van der Waals surface area contributed by atoms with E-state index in [2.05, 4.69) is 37.1 Å². The molecule has 0 aromatic carbocycles. The van der Waals surface area contributed by atoms with Gasteiger partial charge in [-0.2, -0.15) is 0 Å². The average molecular weight is 262 g/mol. The lowest BCUT2D eigenvalue weighted by atomic mass is 9.97. The molecule has 0 rings (SSSR count). The van der Waals surface area contributed by atoms with E-state index in [0.717, 1.165) is 18.8 Å². The maximum atomic E-state index is 10.3. The zero-order valence-electron chi connectivity index (χ0n) is 10.8. The zero-order valence-corrected chi connectivity index (χ0v) is 11.7. The van der Waals surface area contributed by atoms with E-state index in [4.69, 9.17) is 9.79 Å². The van der Waals surface area contributed by atoms with Crippen molar-refractivity contribution in [3.05, 3.63) is 0 Å². The van der Waals surface area contributed by atoms with E-state index in [0.29, 0.717) is 5.92 Å². The van der Waals surface area contributed by atoms with Gasteiger partial charge in [-0.1, -0.05) is 39.5 Å². The summed E-state index contributed by atoms with van der Waals surface area (Å²) < 4.78 is 14.6. The molecule has 0 saturated carbocycles. The highest BCUT2D eigenvalue weighted by molar-refractivity contribution is 7.46. The van der Waals surface area contributed by atoms with Crippen LogP contribution in [0.15, 0.2) is 0 Å². The van der Waals surface area contributed by atoms with Gasteiger partial charge in [0.2, 0.25) is 0 Å². The SMILES string of the molecule is CC(C)CCCC(C)CC#CCOP(=O)(O)O. The first-order valence-corrected chi connectivity index (χ1v) is 7.50. The van der Waals surface area contributed by atoms with Gasteiger partial charge in [-0.05, 0) is 18.3 Å². The highest BCUT2D eigenvalue weighted by atomic mass is 31.2. The van der Waals surface area contributed by atoms with Crippen molar-refractivity contribution in [3.8, 4) is 11.8 Å². The molecule has 0 aliphatic carbocycles. The summed E-state index contributed by atoms with van der Waals surface area (Å²) in [7, 11) is -4.36. The molecule has 17 heavy (non-hydrogen) atoms. The molecule has 5 heteroatoms. The minimum Gasteiger partial charge on any atom is -0.303 e. The number of phosphoric acid groups is 1. The van der Waals surface area contributed by atoms with E-state index in [9.17, 15) is 4.57 Å². The predicted octanol–water partition coefficient (Wildman–Crippen LogP) is 2.95. The fourth-order valence-corrected chi connectivity index (χ4v) is 1.62. The van der Waals surface area contributed by atoms with Gasteiger partial charge in [0.05, 0.1) is 0 Å². The van der Waals surface area contributed by atoms with Crippen LogP contribution in [-0.2, 0) is 9.09 Å². The monoisotopic (exact) mass is 262 g/mol. The molecule has 1 atom stereocenters. The topological polar surface area (TPSA) is 66.8 Å². The summed E-state index contributed by atoms with van der Waals surface area (Å²) in [4.78, 5) is 16.8. The Morgan fingerprint density at radius 3 is 2.35 bits per heavy atom. The maximum Gasteiger partial charge on any atom is 0.470 e. The van der Waals surface area contributed by atoms with Crippen LogP contribution in [0.5, 0.6) is 0 Å². The van der Waals surface area contributed by atoms with Crippen molar-refractivity contribution >= 4 is 7.82 Å². The number of phosphoric ester groups is 1. The lowest BCUT2D eigenvalue weighted by Gasteiger charge is -2.08. The average Bonchev–Trinajstić information content (AvgIpc) is 2.14. The Morgan fingerprint density at radius 2 is 1.82 bits per heavy atom. The van der Waals surface area contributed by atoms with E-state index in [1.165, 1.54) is 12.8 Å². The van der Waals surface area contributed by atoms with Gasteiger partial charge in [-0.25, -0.2) is 4.57 Å². The van der Waals surface area contributed by atoms with Crippen molar-refractivity contribution in [1.82, 2.24) is 0 Å². The molecular weight excluding hydrogens is 239 g/mol. The van der Waals surface area contributed by atoms with E-state index in [1.807, 2.05) is 0 Å². The number of rotatable bonds is 7. The Bertz CT molecular complexity index is 297. The quantitative estimate of drug-likeness (QED) is 0.547. The zero-order chi connectivity index (χ0) is 13.3. The molecule has 0 bridgehead atoms. The second kappa shape index (κ2) is 8.72. The van der Waals surface area contributed by atoms with Crippen molar-refractivity contribution in [2.45, 2.75) is 46.5 Å². The van der Waals surface area contributed by atoms with Crippen LogP contribution in [0.4, 0.5) is 0 Å². The van der Waals surface area contributed by atoms with E-state index >= 15 is 0 Å². The van der Waals surface area contributed by atoms with E-state index in [-0.39, 0.29) is 6.61 Å². The number of hydrogen-bond donors (Lipinski definition) is 2. The summed E-state index contributed by atoms with van der Waals surface area (Å²) in [5, 5.41) is 0. The molecule has 0 aromatic heterocycles. The molecule has 0 aliphatic heterocycles. The van der Waals surface area contributed by atoms with Crippen LogP contribution in [0, 0.1) is 23.7 Å². The number of hydrogen-bond acceptors (Lipinski definition) is 2. The molecule has 0 saturated heterocycles. The fourth-order valence-electron chi connectivity index (χ4n) is 1.39. The summed E-state index contributed by atoms with van der Waals surface area (Å²) >= 11 is 0. The second-order valence-corrected chi connectivity index (χ2v) is 5.99. The van der Waals surface area contributed by atoms with Gasteiger partial charge >= 0.3 is 7.82 Å². The Hall–Kier alpha value is -0.330. The minimum absolute atomic E-state index is 0.205. The first kappa shape index (κ1) is 16.7. The molecule has 0 aliphatic rings. The molecule has 2 N–H and O–H groups in total. The summed E-state index contributed by atoms with van der Waals surface area (Å²) in [6.45, 7) is 6.36. The van der Waals surface area contributed by atoms with Gasteiger partial charge < -0.3 is 9.79 Å². The summed E-state index contributed by atoms with van der Waals surface area (Å²) in [6.07, 6.45) is 4.34. The molecule has 4 nitrogen and oxygen atoms in total. The normalized spacial score (nSPS) is 13.3. The van der Waals surface area contributed by atoms with Gasteiger partial charge in [0.25, 0.3) is 0 Å². The van der Waals surface area contributed by atoms with E-state index < -0.39 is 7.82 Å². The first-order valence-electron chi connectivity index (χ1n) is 5.97. The standard InChI is InChI=1S/C12H23O4P/c1-11(2)7-6-9-12(3)8-4-5-10-16-17(13,14)15/h11-12H,6-10H2,1-3H3,(H2,13,14,15). The van der Waals surface area contributed by atoms with Crippen LogP contribution < -0.4 is 0 Å². The Balaban J connectivity index is 3.59. The van der Waals surface area contributed by atoms with Crippen LogP contribution in [0.1, 0.15) is 46.5 Å². The predicted molar refractivity (Wildman–Crippen MR) is 68.2 cm³/mol. The smallest absolute Gasteiger partial charge is 0.303 e. The fraction of sp³-hybridized carbons (Fsp3) is 0.833. The molecular formula is C12H23O4P. The van der Waals surface area contributed by atoms with Gasteiger partial charge in [0.1, 0.15) is 6.61 Å². The molecule has 0 amide bonds. The lowest BCUT2D eigenvalue weighted by molar-refractivity contribution is 0.218. The first-order chi connectivity index (χ1) is 7.81. The maximum absolute atomic E-state index is 10.3. The van der Waals surface area contributed by atoms with Crippen LogP contribution >= 0.6 is 7.82 Å². The Morgan fingerprint density at radius 1 is 1.18 bits per heavy atom. The third kappa shape index (κ3) is 13.6. The van der Waals surface area contributed by atoms with Crippen LogP contribution in [0.2, 0.25) is 0 Å². The van der Waals surface area contributed by atoms with Gasteiger partial charge in [-0.3, -0.25) is 4.52 Å². The highest BCUT2D eigenvalue weighted by Gasteiger charge is 2.11. The van der Waals surface area contributed by atoms with Crippen molar-refractivity contribution in [1.29, 1.82) is 0 Å². The molecule has 100 valence electrons. The van der Waals surface area contributed by atoms with E-state index in [1.54, 1.807) is 0 Å². The van der Waals surface area contributed by atoms with Crippen molar-refractivity contribution < 1.29 is 18.9 Å². The van der Waals surface area contributed by atoms with Gasteiger partial charge in [0.15, 0.2) is 0 Å². The molecule has 1 unspecified atom stereocenters. The largest absolute Gasteiger partial charge is 0.470 e. The third-order valence-corrected chi connectivity index (χ3v) is 2.82. The second-order valence-electron chi connectivity index (χ2n) is 4.75. The lowest BCUT2D eigenvalue weighted by Crippen LogP contribution is -1.95. The van der Waals surface area contributed by atoms with Crippen molar-refractivity contribution in [2.24, 2.45) is 11.8 Å². The molecule has 0 radical (unpaired) electrons. The Kier molecular flexibility index (Phi) is 8.55. The van der Waals surface area contributed by atoms with Crippen LogP contribution in [0.25, 0.3) is 0 Å². The van der Waals surface area contributed by atoms with Gasteiger partial charge in [0, 0.05) is 6.42 Å². The molecule has 0 aromatic rings.